The smallest absolute Gasteiger partial charge is 0.188 e. The molecular weight excluding hydrogens is 248 g/mol. The molecule has 1 aliphatic rings. The van der Waals surface area contributed by atoms with E-state index in [4.69, 9.17) is 4.74 Å². The van der Waals surface area contributed by atoms with Crippen molar-refractivity contribution in [1.82, 2.24) is 0 Å². The molecule has 1 fully saturated rings. The number of Topliss-reactive ketones (excluding diaryl/α,β-unsaturated/α-hetero) is 1. The van der Waals surface area contributed by atoms with Gasteiger partial charge in [0.2, 0.25) is 0 Å². The molecule has 0 radical (unpaired) electrons. The van der Waals surface area contributed by atoms with Crippen molar-refractivity contribution in [1.29, 1.82) is 0 Å². The normalized spacial score (nSPS) is 18.9. The number of ketones is 1. The van der Waals surface area contributed by atoms with Crippen molar-refractivity contribution in [3.63, 3.8) is 0 Å². The highest BCUT2D eigenvalue weighted by Crippen LogP contribution is 2.36. The number of carbonyl (C=O) groups excluding carboxylic acids is 1. The second-order valence-corrected chi connectivity index (χ2v) is 6.65. The van der Waals surface area contributed by atoms with Gasteiger partial charge in [0.15, 0.2) is 5.78 Å². The standard InChI is InChI=1S/C18H26O2/c1-4-14-5-7-15(8-6-14)17(19)13-20-16-9-11-18(2,3)12-10-16/h5-8,16H,4,9-13H2,1-3H3. The minimum absolute atomic E-state index is 0.0949. The van der Waals surface area contributed by atoms with Gasteiger partial charge in [0.1, 0.15) is 6.61 Å². The molecule has 0 amide bonds. The maximum absolute atomic E-state index is 12.1. The fourth-order valence-corrected chi connectivity index (χ4v) is 2.74. The van der Waals surface area contributed by atoms with Gasteiger partial charge in [0, 0.05) is 5.56 Å². The molecule has 0 heterocycles. The monoisotopic (exact) mass is 274 g/mol. The summed E-state index contributed by atoms with van der Waals surface area (Å²) in [7, 11) is 0. The highest BCUT2D eigenvalue weighted by molar-refractivity contribution is 5.97. The summed E-state index contributed by atoms with van der Waals surface area (Å²) in [4.78, 5) is 12.1. The Balaban J connectivity index is 1.80. The Kier molecular flexibility index (Phi) is 4.98. The van der Waals surface area contributed by atoms with Crippen LogP contribution < -0.4 is 0 Å². The molecule has 2 heteroatoms. The highest BCUT2D eigenvalue weighted by Gasteiger charge is 2.27. The van der Waals surface area contributed by atoms with E-state index in [2.05, 4.69) is 20.8 Å². The highest BCUT2D eigenvalue weighted by atomic mass is 16.5. The maximum Gasteiger partial charge on any atom is 0.188 e. The number of rotatable bonds is 5. The van der Waals surface area contributed by atoms with E-state index >= 15 is 0 Å². The molecule has 0 N–H and O–H groups in total. The fraction of sp³-hybridized carbons (Fsp3) is 0.611. The SMILES string of the molecule is CCc1ccc(C(=O)COC2CCC(C)(C)CC2)cc1. The lowest BCUT2D eigenvalue weighted by Crippen LogP contribution is -2.28. The van der Waals surface area contributed by atoms with Gasteiger partial charge in [0.05, 0.1) is 6.10 Å². The molecule has 2 nitrogen and oxygen atoms in total. The van der Waals surface area contributed by atoms with Crippen molar-refractivity contribution in [2.24, 2.45) is 5.41 Å². The van der Waals surface area contributed by atoms with Gasteiger partial charge in [-0.2, -0.15) is 0 Å². The van der Waals surface area contributed by atoms with Crippen LogP contribution in [0.25, 0.3) is 0 Å². The second kappa shape index (κ2) is 6.53. The number of carbonyl (C=O) groups is 1. The molecule has 1 aromatic rings. The van der Waals surface area contributed by atoms with Crippen molar-refractivity contribution in [3.8, 4) is 0 Å². The van der Waals surface area contributed by atoms with Gasteiger partial charge in [-0.15, -0.1) is 0 Å². The number of benzene rings is 1. The zero-order chi connectivity index (χ0) is 14.6. The fourth-order valence-electron chi connectivity index (χ4n) is 2.74. The molecule has 110 valence electrons. The van der Waals surface area contributed by atoms with Crippen LogP contribution in [0.1, 0.15) is 62.4 Å². The van der Waals surface area contributed by atoms with E-state index in [0.717, 1.165) is 24.8 Å². The average molecular weight is 274 g/mol. The lowest BCUT2D eigenvalue weighted by molar-refractivity contribution is 0.00862. The molecular formula is C18H26O2. The lowest BCUT2D eigenvalue weighted by atomic mass is 9.76. The van der Waals surface area contributed by atoms with E-state index in [-0.39, 0.29) is 18.5 Å². The van der Waals surface area contributed by atoms with E-state index in [1.54, 1.807) is 0 Å². The third-order valence-electron chi connectivity index (χ3n) is 4.42. The Morgan fingerprint density at radius 2 is 1.80 bits per heavy atom. The zero-order valence-corrected chi connectivity index (χ0v) is 12.9. The minimum Gasteiger partial charge on any atom is -0.370 e. The first-order valence-corrected chi connectivity index (χ1v) is 7.74. The predicted octanol–water partition coefficient (Wildman–Crippen LogP) is 4.42. The molecule has 20 heavy (non-hydrogen) atoms. The molecule has 2 rings (SSSR count). The van der Waals surface area contributed by atoms with E-state index in [0.29, 0.717) is 5.41 Å². The molecule has 0 aromatic heterocycles. The number of hydrogen-bond donors (Lipinski definition) is 0. The minimum atomic E-state index is 0.0949. The zero-order valence-electron chi connectivity index (χ0n) is 12.9. The third-order valence-corrected chi connectivity index (χ3v) is 4.42. The Morgan fingerprint density at radius 1 is 1.20 bits per heavy atom. The number of hydrogen-bond acceptors (Lipinski definition) is 2. The molecule has 1 aromatic carbocycles. The van der Waals surface area contributed by atoms with Crippen molar-refractivity contribution in [2.45, 2.75) is 59.0 Å². The first-order chi connectivity index (χ1) is 9.50. The van der Waals surface area contributed by atoms with Crippen molar-refractivity contribution < 1.29 is 9.53 Å². The molecule has 0 bridgehead atoms. The number of aryl methyl sites for hydroxylation is 1. The van der Waals surface area contributed by atoms with Gasteiger partial charge in [-0.1, -0.05) is 45.0 Å². The summed E-state index contributed by atoms with van der Waals surface area (Å²) < 4.78 is 5.80. The Morgan fingerprint density at radius 3 is 2.35 bits per heavy atom. The summed E-state index contributed by atoms with van der Waals surface area (Å²) in [6.45, 7) is 6.95. The van der Waals surface area contributed by atoms with Crippen LogP contribution in [0, 0.1) is 5.41 Å². The second-order valence-electron chi connectivity index (χ2n) is 6.65. The molecule has 1 saturated carbocycles. The molecule has 0 spiro atoms. The van der Waals surface area contributed by atoms with Crippen LogP contribution in [0.3, 0.4) is 0 Å². The first kappa shape index (κ1) is 15.2. The van der Waals surface area contributed by atoms with Crippen molar-refractivity contribution in [2.75, 3.05) is 6.61 Å². The predicted molar refractivity (Wildman–Crippen MR) is 82.1 cm³/mol. The summed E-state index contributed by atoms with van der Waals surface area (Å²) in [5.74, 6) is 0.0949. The number of ether oxygens (including phenoxy) is 1. The van der Waals surface area contributed by atoms with E-state index in [1.807, 2.05) is 24.3 Å². The van der Waals surface area contributed by atoms with E-state index in [9.17, 15) is 4.79 Å². The average Bonchev–Trinajstić information content (AvgIpc) is 2.46. The van der Waals surface area contributed by atoms with E-state index in [1.165, 1.54) is 18.4 Å². The molecule has 0 atom stereocenters. The van der Waals surface area contributed by atoms with Crippen LogP contribution in [-0.4, -0.2) is 18.5 Å². The maximum atomic E-state index is 12.1. The topological polar surface area (TPSA) is 26.3 Å². The summed E-state index contributed by atoms with van der Waals surface area (Å²) in [5.41, 5.74) is 2.47. The van der Waals surface area contributed by atoms with Crippen molar-refractivity contribution >= 4 is 5.78 Å². The lowest BCUT2D eigenvalue weighted by Gasteiger charge is -2.34. The van der Waals surface area contributed by atoms with Crippen molar-refractivity contribution in [3.05, 3.63) is 35.4 Å². The third kappa shape index (κ3) is 4.17. The largest absolute Gasteiger partial charge is 0.370 e. The van der Waals surface area contributed by atoms with Crippen LogP contribution in [-0.2, 0) is 11.2 Å². The van der Waals surface area contributed by atoms with Crippen LogP contribution in [0.2, 0.25) is 0 Å². The summed E-state index contributed by atoms with van der Waals surface area (Å²) in [5, 5.41) is 0. The Hall–Kier alpha value is -1.15. The summed E-state index contributed by atoms with van der Waals surface area (Å²) >= 11 is 0. The van der Waals surface area contributed by atoms with Crippen LogP contribution >= 0.6 is 0 Å². The van der Waals surface area contributed by atoms with Crippen LogP contribution in [0.15, 0.2) is 24.3 Å². The van der Waals surface area contributed by atoms with Gasteiger partial charge in [-0.3, -0.25) is 4.79 Å². The van der Waals surface area contributed by atoms with Crippen LogP contribution in [0.4, 0.5) is 0 Å². The Bertz CT molecular complexity index is 435. The van der Waals surface area contributed by atoms with Gasteiger partial charge < -0.3 is 4.74 Å². The molecule has 0 aliphatic heterocycles. The Labute approximate surface area is 122 Å². The molecule has 0 unspecified atom stereocenters. The first-order valence-electron chi connectivity index (χ1n) is 7.74. The van der Waals surface area contributed by atoms with Gasteiger partial charge in [0.25, 0.3) is 0 Å². The summed E-state index contributed by atoms with van der Waals surface area (Å²) in [6.07, 6.45) is 5.81. The van der Waals surface area contributed by atoms with Gasteiger partial charge in [-0.25, -0.2) is 0 Å². The molecule has 1 aliphatic carbocycles. The van der Waals surface area contributed by atoms with Gasteiger partial charge >= 0.3 is 0 Å². The quantitative estimate of drug-likeness (QED) is 0.743. The molecule has 0 saturated heterocycles. The van der Waals surface area contributed by atoms with Gasteiger partial charge in [-0.05, 0) is 43.1 Å². The summed E-state index contributed by atoms with van der Waals surface area (Å²) in [6, 6.07) is 7.87. The van der Waals surface area contributed by atoms with E-state index < -0.39 is 0 Å². The van der Waals surface area contributed by atoms with Crippen LogP contribution in [0.5, 0.6) is 0 Å².